The molecule has 1 heterocycles. The topological polar surface area (TPSA) is 74.7 Å². The van der Waals surface area contributed by atoms with E-state index in [-0.39, 0.29) is 41.6 Å². The van der Waals surface area contributed by atoms with Crippen LogP contribution in [0.2, 0.25) is 0 Å². The molecule has 0 radical (unpaired) electrons. The van der Waals surface area contributed by atoms with Crippen LogP contribution in [0.25, 0.3) is 0 Å². The van der Waals surface area contributed by atoms with Crippen molar-refractivity contribution in [1.29, 1.82) is 0 Å². The molecule has 0 aromatic heterocycles. The number of rotatable bonds is 4. The quantitative estimate of drug-likeness (QED) is 0.782. The first kappa shape index (κ1) is 19.9. The number of aliphatic hydroxyl groups is 1. The van der Waals surface area contributed by atoms with Crippen LogP contribution >= 0.6 is 0 Å². The third-order valence-corrected chi connectivity index (χ3v) is 8.01. The summed E-state index contributed by atoms with van der Waals surface area (Å²) in [7, 11) is -3.77. The van der Waals surface area contributed by atoms with Crippen molar-refractivity contribution in [3.05, 3.63) is 71.3 Å². The van der Waals surface area contributed by atoms with Crippen molar-refractivity contribution in [3.63, 3.8) is 0 Å². The Labute approximate surface area is 171 Å². The van der Waals surface area contributed by atoms with Gasteiger partial charge in [-0.25, -0.2) is 8.42 Å². The van der Waals surface area contributed by atoms with E-state index in [1.165, 1.54) is 4.31 Å². The first-order valence-corrected chi connectivity index (χ1v) is 11.3. The number of ketones is 1. The highest BCUT2D eigenvalue weighted by atomic mass is 32.2. The minimum absolute atomic E-state index is 0.0953. The van der Waals surface area contributed by atoms with Gasteiger partial charge in [0.05, 0.1) is 17.2 Å². The highest BCUT2D eigenvalue weighted by Gasteiger charge is 2.45. The Kier molecular flexibility index (Phi) is 5.09. The highest BCUT2D eigenvalue weighted by Crippen LogP contribution is 2.50. The average molecular weight is 412 g/mol. The first-order chi connectivity index (χ1) is 13.8. The monoisotopic (exact) mass is 411 g/mol. The fraction of sp³-hybridized carbons (Fsp3) is 0.348. The molecule has 0 amide bonds. The Morgan fingerprint density at radius 1 is 1.14 bits per heavy atom. The van der Waals surface area contributed by atoms with E-state index in [2.05, 4.69) is 0 Å². The van der Waals surface area contributed by atoms with Crippen molar-refractivity contribution in [2.75, 3.05) is 17.5 Å². The molecular weight excluding hydrogens is 386 g/mol. The summed E-state index contributed by atoms with van der Waals surface area (Å²) in [6.07, 6.45) is 2.49. The van der Waals surface area contributed by atoms with Gasteiger partial charge in [0, 0.05) is 24.3 Å². The molecule has 1 N–H and O–H groups in total. The number of para-hydroxylation sites is 1. The molecule has 5 nitrogen and oxygen atoms in total. The van der Waals surface area contributed by atoms with Crippen LogP contribution in [0.4, 0.5) is 5.69 Å². The maximum Gasteiger partial charge on any atom is 0.264 e. The standard InChI is InChI=1S/C23H25NO4S/c1-15-7-10-18(11-8-15)29(27,28)24-13-21-17(14-25)9-12-19(16(2)26)23(21)20-5-3-4-6-22(20)24/h3-11,19,21,23,25H,12-14H2,1-2H3/t19-,21-,23+/m1/s1. The smallest absolute Gasteiger partial charge is 0.264 e. The van der Waals surface area contributed by atoms with Crippen molar-refractivity contribution in [3.8, 4) is 0 Å². The Morgan fingerprint density at radius 3 is 2.48 bits per heavy atom. The van der Waals surface area contributed by atoms with Gasteiger partial charge in [0.2, 0.25) is 0 Å². The summed E-state index contributed by atoms with van der Waals surface area (Å²) in [6, 6.07) is 14.3. The van der Waals surface area contributed by atoms with E-state index in [9.17, 15) is 18.3 Å². The molecule has 0 fully saturated rings. The zero-order valence-electron chi connectivity index (χ0n) is 16.6. The first-order valence-electron chi connectivity index (χ1n) is 9.83. The lowest BCUT2D eigenvalue weighted by atomic mass is 9.66. The number of anilines is 1. The minimum Gasteiger partial charge on any atom is -0.392 e. The number of aryl methyl sites for hydroxylation is 1. The van der Waals surface area contributed by atoms with Crippen LogP contribution in [0.3, 0.4) is 0 Å². The van der Waals surface area contributed by atoms with Crippen molar-refractivity contribution in [1.82, 2.24) is 0 Å². The van der Waals surface area contributed by atoms with Crippen LogP contribution in [0.5, 0.6) is 0 Å². The van der Waals surface area contributed by atoms with Gasteiger partial charge >= 0.3 is 0 Å². The van der Waals surface area contributed by atoms with Crippen LogP contribution in [0.15, 0.2) is 65.1 Å². The fourth-order valence-electron chi connectivity index (χ4n) is 4.69. The number of sulfonamides is 1. The zero-order valence-corrected chi connectivity index (χ0v) is 17.4. The molecule has 1 aliphatic heterocycles. The number of carbonyl (C=O) groups excluding carboxylic acids is 1. The summed E-state index contributed by atoms with van der Waals surface area (Å²) >= 11 is 0. The number of hydrogen-bond acceptors (Lipinski definition) is 4. The predicted octanol–water partition coefficient (Wildman–Crippen LogP) is 3.43. The Hall–Kier alpha value is -2.44. The molecule has 0 saturated carbocycles. The van der Waals surface area contributed by atoms with E-state index in [4.69, 9.17) is 0 Å². The summed E-state index contributed by atoms with van der Waals surface area (Å²) in [5.74, 6) is -0.461. The SMILES string of the molecule is CC(=O)[C@H]1CC=C(CO)[C@H]2CN(S(=O)(=O)c3ccc(C)cc3)c3ccccc3[C@H]12. The second-order valence-electron chi connectivity index (χ2n) is 7.93. The van der Waals surface area contributed by atoms with Gasteiger partial charge in [0.1, 0.15) is 5.78 Å². The molecule has 2 aromatic carbocycles. The van der Waals surface area contributed by atoms with Gasteiger partial charge in [-0.3, -0.25) is 9.10 Å². The Bertz CT molecular complexity index is 1070. The maximum atomic E-state index is 13.5. The van der Waals surface area contributed by atoms with Gasteiger partial charge in [-0.1, -0.05) is 42.0 Å². The average Bonchev–Trinajstić information content (AvgIpc) is 2.72. The molecule has 3 atom stereocenters. The van der Waals surface area contributed by atoms with E-state index in [0.29, 0.717) is 12.1 Å². The Balaban J connectivity index is 1.87. The van der Waals surface area contributed by atoms with Crippen LogP contribution in [-0.4, -0.2) is 32.5 Å². The molecule has 0 unspecified atom stereocenters. The summed E-state index contributed by atoms with van der Waals surface area (Å²) in [5, 5.41) is 9.92. The number of hydrogen-bond donors (Lipinski definition) is 1. The number of carbonyl (C=O) groups is 1. The van der Waals surface area contributed by atoms with Crippen LogP contribution in [-0.2, 0) is 14.8 Å². The predicted molar refractivity (Wildman–Crippen MR) is 112 cm³/mol. The third kappa shape index (κ3) is 3.30. The number of aliphatic hydroxyl groups excluding tert-OH is 1. The van der Waals surface area contributed by atoms with Gasteiger partial charge in [0.25, 0.3) is 10.0 Å². The van der Waals surface area contributed by atoms with Crippen LogP contribution in [0, 0.1) is 18.8 Å². The summed E-state index contributed by atoms with van der Waals surface area (Å²) in [5.41, 5.74) is 3.29. The molecule has 4 rings (SSSR count). The van der Waals surface area contributed by atoms with Crippen molar-refractivity contribution >= 4 is 21.5 Å². The minimum atomic E-state index is -3.77. The van der Waals surface area contributed by atoms with Gasteiger partial charge in [-0.15, -0.1) is 0 Å². The van der Waals surface area contributed by atoms with E-state index >= 15 is 0 Å². The van der Waals surface area contributed by atoms with Crippen molar-refractivity contribution in [2.24, 2.45) is 11.8 Å². The number of Topliss-reactive ketones (excluding diaryl/α,β-unsaturated/α-hetero) is 1. The molecule has 152 valence electrons. The maximum absolute atomic E-state index is 13.5. The molecule has 0 bridgehead atoms. The highest BCUT2D eigenvalue weighted by molar-refractivity contribution is 7.92. The lowest BCUT2D eigenvalue weighted by Crippen LogP contribution is -2.46. The van der Waals surface area contributed by atoms with E-state index in [1.807, 2.05) is 37.3 Å². The largest absolute Gasteiger partial charge is 0.392 e. The number of fused-ring (bicyclic) bond motifs is 3. The molecule has 2 aromatic rings. The number of benzene rings is 2. The molecule has 2 aliphatic rings. The molecule has 6 heteroatoms. The fourth-order valence-corrected chi connectivity index (χ4v) is 6.21. The normalized spacial score (nSPS) is 23.8. The van der Waals surface area contributed by atoms with Gasteiger partial charge in [-0.05, 0) is 49.6 Å². The van der Waals surface area contributed by atoms with E-state index < -0.39 is 10.0 Å². The van der Waals surface area contributed by atoms with Crippen LogP contribution in [0.1, 0.15) is 30.4 Å². The van der Waals surface area contributed by atoms with Crippen molar-refractivity contribution in [2.45, 2.75) is 31.1 Å². The number of allylic oxidation sites excluding steroid dienone is 1. The molecule has 1 aliphatic carbocycles. The van der Waals surface area contributed by atoms with Gasteiger partial charge in [-0.2, -0.15) is 0 Å². The van der Waals surface area contributed by atoms with Gasteiger partial charge in [0.15, 0.2) is 0 Å². The summed E-state index contributed by atoms with van der Waals surface area (Å²) in [6.45, 7) is 3.59. The lowest BCUT2D eigenvalue weighted by Gasteiger charge is -2.45. The number of nitrogens with zero attached hydrogens (tertiary/aromatic N) is 1. The Morgan fingerprint density at radius 2 is 1.83 bits per heavy atom. The van der Waals surface area contributed by atoms with Gasteiger partial charge < -0.3 is 5.11 Å². The molecule has 29 heavy (non-hydrogen) atoms. The third-order valence-electron chi connectivity index (χ3n) is 6.22. The summed E-state index contributed by atoms with van der Waals surface area (Å²) in [4.78, 5) is 12.6. The molecular formula is C23H25NO4S. The summed E-state index contributed by atoms with van der Waals surface area (Å²) < 4.78 is 28.5. The van der Waals surface area contributed by atoms with Crippen LogP contribution < -0.4 is 4.31 Å². The molecule has 0 spiro atoms. The van der Waals surface area contributed by atoms with E-state index in [0.717, 1.165) is 16.7 Å². The second-order valence-corrected chi connectivity index (χ2v) is 9.79. The molecule has 0 saturated heterocycles. The second kappa shape index (κ2) is 7.43. The zero-order chi connectivity index (χ0) is 20.8. The van der Waals surface area contributed by atoms with Crippen molar-refractivity contribution < 1.29 is 18.3 Å². The lowest BCUT2D eigenvalue weighted by molar-refractivity contribution is -0.121. The van der Waals surface area contributed by atoms with E-state index in [1.54, 1.807) is 31.2 Å².